The zero-order valence-electron chi connectivity index (χ0n) is 11.1. The fraction of sp³-hybridized carbons (Fsp3) is 0.385. The lowest BCUT2D eigenvalue weighted by Crippen LogP contribution is -2.32. The molecule has 20 heavy (non-hydrogen) atoms. The van der Waals surface area contributed by atoms with Gasteiger partial charge in [-0.25, -0.2) is 8.42 Å². The number of sulfone groups is 1. The van der Waals surface area contributed by atoms with Gasteiger partial charge in [-0.1, -0.05) is 19.1 Å². The smallest absolute Gasteiger partial charge is 0.320 e. The van der Waals surface area contributed by atoms with E-state index in [9.17, 15) is 18.0 Å². The molecule has 0 saturated heterocycles. The standard InChI is InChI=1S/C13H17NO5S/c1-2-10(15)8-20(18,19)11-5-3-9(4-6-11)7-12(14)13(16)17/h3-6,12H,2,7-8,14H2,1H3,(H,16,17). The number of carbonyl (C=O) groups is 2. The molecule has 1 unspecified atom stereocenters. The fourth-order valence-corrected chi connectivity index (χ4v) is 2.92. The van der Waals surface area contributed by atoms with Crippen molar-refractivity contribution in [3.05, 3.63) is 29.8 Å². The van der Waals surface area contributed by atoms with Crippen molar-refractivity contribution < 1.29 is 23.1 Å². The highest BCUT2D eigenvalue weighted by Crippen LogP contribution is 2.14. The van der Waals surface area contributed by atoms with E-state index >= 15 is 0 Å². The Balaban J connectivity index is 2.86. The second-order valence-corrected chi connectivity index (χ2v) is 6.43. The summed E-state index contributed by atoms with van der Waals surface area (Å²) < 4.78 is 23.8. The van der Waals surface area contributed by atoms with Gasteiger partial charge in [-0.2, -0.15) is 0 Å². The summed E-state index contributed by atoms with van der Waals surface area (Å²) in [5, 5.41) is 8.70. The van der Waals surface area contributed by atoms with Gasteiger partial charge in [0.2, 0.25) is 0 Å². The molecule has 0 saturated carbocycles. The summed E-state index contributed by atoms with van der Waals surface area (Å²) >= 11 is 0. The number of carboxylic acid groups (broad SMARTS) is 1. The molecule has 7 heteroatoms. The highest BCUT2D eigenvalue weighted by molar-refractivity contribution is 7.92. The summed E-state index contributed by atoms with van der Waals surface area (Å²) in [6.07, 6.45) is 0.286. The van der Waals surface area contributed by atoms with Crippen LogP contribution >= 0.6 is 0 Å². The number of ketones is 1. The zero-order chi connectivity index (χ0) is 15.3. The summed E-state index contributed by atoms with van der Waals surface area (Å²) in [6, 6.07) is 4.71. The number of hydrogen-bond donors (Lipinski definition) is 2. The van der Waals surface area contributed by atoms with Crippen molar-refractivity contribution in [1.82, 2.24) is 0 Å². The quantitative estimate of drug-likeness (QED) is 0.753. The third-order valence-electron chi connectivity index (χ3n) is 2.80. The Morgan fingerprint density at radius 2 is 1.80 bits per heavy atom. The average Bonchev–Trinajstić information content (AvgIpc) is 2.38. The first-order chi connectivity index (χ1) is 9.26. The third kappa shape index (κ3) is 4.43. The Hall–Kier alpha value is -1.73. The normalized spacial score (nSPS) is 12.9. The molecule has 1 atom stereocenters. The molecular weight excluding hydrogens is 282 g/mol. The Kier molecular flexibility index (Phi) is 5.41. The molecule has 0 aliphatic rings. The highest BCUT2D eigenvalue weighted by Gasteiger charge is 2.18. The maximum atomic E-state index is 11.9. The zero-order valence-corrected chi connectivity index (χ0v) is 11.9. The van der Waals surface area contributed by atoms with E-state index in [-0.39, 0.29) is 23.5 Å². The van der Waals surface area contributed by atoms with Crippen molar-refractivity contribution in [1.29, 1.82) is 0 Å². The predicted molar refractivity (Wildman–Crippen MR) is 73.1 cm³/mol. The van der Waals surface area contributed by atoms with Gasteiger partial charge in [-0.05, 0) is 24.1 Å². The average molecular weight is 299 g/mol. The molecule has 1 rings (SSSR count). The fourth-order valence-electron chi connectivity index (χ4n) is 1.57. The van der Waals surface area contributed by atoms with Crippen LogP contribution < -0.4 is 5.73 Å². The highest BCUT2D eigenvalue weighted by atomic mass is 32.2. The number of aliphatic carboxylic acids is 1. The molecular formula is C13H17NO5S. The summed E-state index contributed by atoms with van der Waals surface area (Å²) in [4.78, 5) is 21.9. The third-order valence-corrected chi connectivity index (χ3v) is 4.49. The van der Waals surface area contributed by atoms with Gasteiger partial charge in [0.05, 0.1) is 4.90 Å². The van der Waals surface area contributed by atoms with Gasteiger partial charge in [-0.15, -0.1) is 0 Å². The van der Waals surface area contributed by atoms with Crippen molar-refractivity contribution in [3.63, 3.8) is 0 Å². The van der Waals surface area contributed by atoms with Crippen molar-refractivity contribution in [3.8, 4) is 0 Å². The van der Waals surface area contributed by atoms with Crippen molar-refractivity contribution in [2.75, 3.05) is 5.75 Å². The molecule has 0 heterocycles. The van der Waals surface area contributed by atoms with Gasteiger partial charge in [0.15, 0.2) is 9.84 Å². The number of carbonyl (C=O) groups excluding carboxylic acids is 1. The molecule has 1 aromatic carbocycles. The first kappa shape index (κ1) is 16.3. The van der Waals surface area contributed by atoms with E-state index < -0.39 is 27.6 Å². The Bertz CT molecular complexity index is 592. The van der Waals surface area contributed by atoms with Gasteiger partial charge >= 0.3 is 5.97 Å². The minimum Gasteiger partial charge on any atom is -0.480 e. The number of Topliss-reactive ketones (excluding diaryl/α,β-unsaturated/α-hetero) is 1. The minimum absolute atomic E-state index is 0.0481. The van der Waals surface area contributed by atoms with Crippen molar-refractivity contribution in [2.24, 2.45) is 5.73 Å². The van der Waals surface area contributed by atoms with Crippen LogP contribution in [0.3, 0.4) is 0 Å². The molecule has 0 spiro atoms. The van der Waals surface area contributed by atoms with E-state index in [1.165, 1.54) is 24.3 Å². The topological polar surface area (TPSA) is 115 Å². The monoisotopic (exact) mass is 299 g/mol. The molecule has 0 aromatic heterocycles. The SMILES string of the molecule is CCC(=O)CS(=O)(=O)c1ccc(CC(N)C(=O)O)cc1. The van der Waals surface area contributed by atoms with Crippen LogP contribution in [0, 0.1) is 0 Å². The van der Waals surface area contributed by atoms with Crippen LogP contribution in [0.1, 0.15) is 18.9 Å². The Labute approximate surface area is 117 Å². The van der Waals surface area contributed by atoms with Crippen LogP contribution in [-0.2, 0) is 25.8 Å². The summed E-state index contributed by atoms with van der Waals surface area (Å²) in [5.74, 6) is -1.98. The lowest BCUT2D eigenvalue weighted by molar-refractivity contribution is -0.138. The van der Waals surface area contributed by atoms with Gasteiger partial charge in [0, 0.05) is 6.42 Å². The molecule has 0 amide bonds. The van der Waals surface area contributed by atoms with Crippen LogP contribution in [0.15, 0.2) is 29.2 Å². The van der Waals surface area contributed by atoms with Crippen LogP contribution in [0.2, 0.25) is 0 Å². The molecule has 6 nitrogen and oxygen atoms in total. The number of rotatable bonds is 7. The minimum atomic E-state index is -3.63. The van der Waals surface area contributed by atoms with Crippen molar-refractivity contribution >= 4 is 21.6 Å². The van der Waals surface area contributed by atoms with E-state index in [0.717, 1.165) is 0 Å². The molecule has 0 aliphatic carbocycles. The molecule has 1 aromatic rings. The van der Waals surface area contributed by atoms with Crippen LogP contribution in [0.4, 0.5) is 0 Å². The van der Waals surface area contributed by atoms with E-state index in [1.54, 1.807) is 6.92 Å². The number of nitrogens with two attached hydrogens (primary N) is 1. The first-order valence-electron chi connectivity index (χ1n) is 6.08. The maximum Gasteiger partial charge on any atom is 0.320 e. The van der Waals surface area contributed by atoms with E-state index in [0.29, 0.717) is 5.56 Å². The summed E-state index contributed by atoms with van der Waals surface area (Å²) in [5.41, 5.74) is 6.02. The second kappa shape index (κ2) is 6.62. The molecule has 0 aliphatic heterocycles. The molecule has 3 N–H and O–H groups in total. The van der Waals surface area contributed by atoms with Gasteiger partial charge < -0.3 is 10.8 Å². The lowest BCUT2D eigenvalue weighted by Gasteiger charge is -2.08. The molecule has 0 bridgehead atoms. The van der Waals surface area contributed by atoms with Gasteiger partial charge in [0.25, 0.3) is 0 Å². The van der Waals surface area contributed by atoms with Crippen LogP contribution in [0.5, 0.6) is 0 Å². The van der Waals surface area contributed by atoms with Crippen LogP contribution in [-0.4, -0.2) is 37.1 Å². The van der Waals surface area contributed by atoms with Gasteiger partial charge in [-0.3, -0.25) is 9.59 Å². The molecule has 110 valence electrons. The maximum absolute atomic E-state index is 11.9. The second-order valence-electron chi connectivity index (χ2n) is 4.44. The van der Waals surface area contributed by atoms with Gasteiger partial charge in [0.1, 0.15) is 17.6 Å². The molecule has 0 radical (unpaired) electrons. The van der Waals surface area contributed by atoms with Crippen molar-refractivity contribution in [2.45, 2.75) is 30.7 Å². The number of carboxylic acids is 1. The predicted octanol–water partition coefficient (Wildman–Crippen LogP) is 0.394. The number of benzene rings is 1. The largest absolute Gasteiger partial charge is 0.480 e. The van der Waals surface area contributed by atoms with E-state index in [1.807, 2.05) is 0 Å². The Morgan fingerprint density at radius 3 is 2.25 bits per heavy atom. The van der Waals surface area contributed by atoms with E-state index in [2.05, 4.69) is 0 Å². The van der Waals surface area contributed by atoms with E-state index in [4.69, 9.17) is 10.8 Å². The first-order valence-corrected chi connectivity index (χ1v) is 7.73. The summed E-state index contributed by atoms with van der Waals surface area (Å²) in [7, 11) is -3.63. The number of hydrogen-bond acceptors (Lipinski definition) is 5. The summed E-state index contributed by atoms with van der Waals surface area (Å²) in [6.45, 7) is 1.61. The Morgan fingerprint density at radius 1 is 1.25 bits per heavy atom. The van der Waals surface area contributed by atoms with Crippen LogP contribution in [0.25, 0.3) is 0 Å². The lowest BCUT2D eigenvalue weighted by atomic mass is 10.1. The molecule has 0 fully saturated rings.